The monoisotopic (exact) mass is 192 g/mol. The Labute approximate surface area is 81.9 Å². The number of hydrogen-bond acceptors (Lipinski definition) is 1. The molecule has 0 amide bonds. The predicted octanol–water partition coefficient (Wildman–Crippen LogP) is 3.50. The van der Waals surface area contributed by atoms with Crippen molar-refractivity contribution in [3.8, 4) is 5.75 Å². The molecule has 0 aromatic heterocycles. The van der Waals surface area contributed by atoms with Gasteiger partial charge in [-0.3, -0.25) is 0 Å². The quantitative estimate of drug-likeness (QED) is 0.672. The van der Waals surface area contributed by atoms with Crippen molar-refractivity contribution in [1.82, 2.24) is 0 Å². The van der Waals surface area contributed by atoms with Gasteiger partial charge in [0.25, 0.3) is 0 Å². The highest BCUT2D eigenvalue weighted by Gasteiger charge is 1.99. The first-order chi connectivity index (χ1) is 6.31. The molecular formula is C11H9ClO. The molecule has 0 aliphatic rings. The van der Waals surface area contributed by atoms with Gasteiger partial charge in [0.15, 0.2) is 0 Å². The molecule has 0 heterocycles. The molecule has 2 aromatic carbocycles. The molecule has 0 spiro atoms. The van der Waals surface area contributed by atoms with Crippen molar-refractivity contribution < 1.29 is 4.74 Å². The van der Waals surface area contributed by atoms with E-state index < -0.39 is 0 Å². The van der Waals surface area contributed by atoms with Crippen molar-refractivity contribution in [1.29, 1.82) is 0 Å². The van der Waals surface area contributed by atoms with Crippen LogP contribution in [0.25, 0.3) is 10.8 Å². The minimum absolute atomic E-state index is 0.751. The summed E-state index contributed by atoms with van der Waals surface area (Å²) in [5.74, 6) is 0.883. The van der Waals surface area contributed by atoms with Gasteiger partial charge in [0, 0.05) is 10.4 Å². The fourth-order valence-corrected chi connectivity index (χ4v) is 1.58. The van der Waals surface area contributed by atoms with E-state index in [1.165, 1.54) is 0 Å². The lowest BCUT2D eigenvalue weighted by atomic mass is 10.1. The summed E-state index contributed by atoms with van der Waals surface area (Å²) in [7, 11) is 1.67. The van der Waals surface area contributed by atoms with E-state index in [-0.39, 0.29) is 0 Å². The molecule has 0 saturated carbocycles. The molecule has 2 heteroatoms. The van der Waals surface area contributed by atoms with Gasteiger partial charge < -0.3 is 4.74 Å². The van der Waals surface area contributed by atoms with Crippen LogP contribution in [0.15, 0.2) is 36.4 Å². The molecule has 0 N–H and O–H groups in total. The predicted molar refractivity (Wildman–Crippen MR) is 55.5 cm³/mol. The first kappa shape index (κ1) is 8.39. The fraction of sp³-hybridized carbons (Fsp3) is 0.0909. The Morgan fingerprint density at radius 1 is 1.15 bits per heavy atom. The maximum absolute atomic E-state index is 5.87. The molecule has 0 atom stereocenters. The topological polar surface area (TPSA) is 9.23 Å². The second-order valence-electron chi connectivity index (χ2n) is 2.83. The number of halogens is 1. The molecule has 2 aromatic rings. The molecule has 13 heavy (non-hydrogen) atoms. The van der Waals surface area contributed by atoms with E-state index in [0.29, 0.717) is 0 Å². The zero-order valence-electron chi connectivity index (χ0n) is 7.25. The second kappa shape index (κ2) is 3.27. The summed E-state index contributed by atoms with van der Waals surface area (Å²) in [4.78, 5) is 0. The number of rotatable bonds is 1. The smallest absolute Gasteiger partial charge is 0.126 e. The Bertz CT molecular complexity index is 437. The lowest BCUT2D eigenvalue weighted by molar-refractivity contribution is 0.420. The average molecular weight is 193 g/mol. The van der Waals surface area contributed by atoms with Crippen molar-refractivity contribution in [3.05, 3.63) is 41.4 Å². The fourth-order valence-electron chi connectivity index (χ4n) is 1.40. The molecule has 0 aliphatic heterocycles. The van der Waals surface area contributed by atoms with Crippen LogP contribution in [0.1, 0.15) is 0 Å². The molecule has 0 aliphatic carbocycles. The van der Waals surface area contributed by atoms with E-state index in [9.17, 15) is 0 Å². The normalized spacial score (nSPS) is 10.3. The summed E-state index contributed by atoms with van der Waals surface area (Å²) in [6, 6.07) is 11.7. The summed E-state index contributed by atoms with van der Waals surface area (Å²) < 4.78 is 5.22. The van der Waals surface area contributed by atoms with Crippen molar-refractivity contribution >= 4 is 22.4 Å². The maximum Gasteiger partial charge on any atom is 0.126 e. The molecule has 1 nitrogen and oxygen atoms in total. The third kappa shape index (κ3) is 1.47. The number of methoxy groups -OCH3 is 1. The van der Waals surface area contributed by atoms with Crippen molar-refractivity contribution in [2.45, 2.75) is 0 Å². The second-order valence-corrected chi connectivity index (χ2v) is 3.26. The molecule has 2 rings (SSSR count). The van der Waals surface area contributed by atoms with Gasteiger partial charge in [0.2, 0.25) is 0 Å². The lowest BCUT2D eigenvalue weighted by Gasteiger charge is -2.04. The lowest BCUT2D eigenvalue weighted by Crippen LogP contribution is -1.83. The number of benzene rings is 2. The SMILES string of the molecule is COc1cccc2cc(Cl)ccc12. The van der Waals surface area contributed by atoms with Crippen LogP contribution in [0.4, 0.5) is 0 Å². The Morgan fingerprint density at radius 3 is 2.77 bits per heavy atom. The van der Waals surface area contributed by atoms with E-state index in [1.807, 2.05) is 36.4 Å². The van der Waals surface area contributed by atoms with Crippen molar-refractivity contribution in [3.63, 3.8) is 0 Å². The van der Waals surface area contributed by atoms with Gasteiger partial charge in [-0.15, -0.1) is 0 Å². The van der Waals surface area contributed by atoms with E-state index in [0.717, 1.165) is 21.5 Å². The molecule has 0 saturated heterocycles. The Morgan fingerprint density at radius 2 is 2.00 bits per heavy atom. The Hall–Kier alpha value is -1.21. The van der Waals surface area contributed by atoms with Gasteiger partial charge >= 0.3 is 0 Å². The summed E-state index contributed by atoms with van der Waals surface area (Å²) >= 11 is 5.87. The van der Waals surface area contributed by atoms with Gasteiger partial charge in [-0.1, -0.05) is 23.7 Å². The van der Waals surface area contributed by atoms with Crippen LogP contribution in [-0.4, -0.2) is 7.11 Å². The number of fused-ring (bicyclic) bond motifs is 1. The summed E-state index contributed by atoms with van der Waals surface area (Å²) in [6.07, 6.45) is 0. The van der Waals surface area contributed by atoms with E-state index in [1.54, 1.807) is 7.11 Å². The zero-order chi connectivity index (χ0) is 9.26. The highest BCUT2D eigenvalue weighted by Crippen LogP contribution is 2.27. The summed E-state index contributed by atoms with van der Waals surface area (Å²) in [6.45, 7) is 0. The van der Waals surface area contributed by atoms with Crippen molar-refractivity contribution in [2.24, 2.45) is 0 Å². The Balaban J connectivity index is 2.77. The average Bonchev–Trinajstić information content (AvgIpc) is 2.16. The van der Waals surface area contributed by atoms with Crippen LogP contribution in [0.5, 0.6) is 5.75 Å². The number of ether oxygens (including phenoxy) is 1. The highest BCUT2D eigenvalue weighted by atomic mass is 35.5. The van der Waals surface area contributed by atoms with E-state index in [4.69, 9.17) is 16.3 Å². The minimum Gasteiger partial charge on any atom is -0.496 e. The van der Waals surface area contributed by atoms with Crippen LogP contribution in [0.2, 0.25) is 5.02 Å². The largest absolute Gasteiger partial charge is 0.496 e. The zero-order valence-corrected chi connectivity index (χ0v) is 8.01. The van der Waals surface area contributed by atoms with Gasteiger partial charge in [0.05, 0.1) is 7.11 Å². The third-order valence-corrected chi connectivity index (χ3v) is 2.26. The molecule has 66 valence electrons. The molecule has 0 bridgehead atoms. The van der Waals surface area contributed by atoms with Gasteiger partial charge in [-0.2, -0.15) is 0 Å². The molecular weight excluding hydrogens is 184 g/mol. The highest BCUT2D eigenvalue weighted by molar-refractivity contribution is 6.31. The van der Waals surface area contributed by atoms with Crippen molar-refractivity contribution in [2.75, 3.05) is 7.11 Å². The van der Waals surface area contributed by atoms with Crippen LogP contribution in [-0.2, 0) is 0 Å². The van der Waals surface area contributed by atoms with Gasteiger partial charge in [0.1, 0.15) is 5.75 Å². The molecule has 0 unspecified atom stereocenters. The number of hydrogen-bond donors (Lipinski definition) is 0. The minimum atomic E-state index is 0.751. The van der Waals surface area contributed by atoms with Crippen LogP contribution >= 0.6 is 11.6 Å². The first-order valence-electron chi connectivity index (χ1n) is 4.03. The van der Waals surface area contributed by atoms with E-state index in [2.05, 4.69) is 0 Å². The maximum atomic E-state index is 5.87. The third-order valence-electron chi connectivity index (χ3n) is 2.02. The standard InChI is InChI=1S/C11H9ClO/c1-13-11-4-2-3-8-7-9(12)5-6-10(8)11/h2-7H,1H3. The molecule has 0 radical (unpaired) electrons. The van der Waals surface area contributed by atoms with E-state index >= 15 is 0 Å². The summed E-state index contributed by atoms with van der Waals surface area (Å²) in [5, 5.41) is 2.95. The van der Waals surface area contributed by atoms with Crippen LogP contribution in [0.3, 0.4) is 0 Å². The van der Waals surface area contributed by atoms with Gasteiger partial charge in [-0.05, 0) is 29.7 Å². The Kier molecular flexibility index (Phi) is 2.11. The first-order valence-corrected chi connectivity index (χ1v) is 4.41. The summed E-state index contributed by atoms with van der Waals surface area (Å²) in [5.41, 5.74) is 0. The molecule has 0 fully saturated rings. The van der Waals surface area contributed by atoms with Crippen LogP contribution in [0, 0.1) is 0 Å². The van der Waals surface area contributed by atoms with Crippen LogP contribution < -0.4 is 4.74 Å². The van der Waals surface area contributed by atoms with Gasteiger partial charge in [-0.25, -0.2) is 0 Å².